The minimum absolute atomic E-state index is 0.101. The molecule has 0 radical (unpaired) electrons. The molecule has 3 heteroatoms. The van der Waals surface area contributed by atoms with E-state index in [-0.39, 0.29) is 6.23 Å². The van der Waals surface area contributed by atoms with Crippen LogP contribution in [0.1, 0.15) is 39.2 Å². The summed E-state index contributed by atoms with van der Waals surface area (Å²) in [5.74, 6) is 0. The molecule has 0 saturated carbocycles. The Labute approximate surface area is 111 Å². The zero-order valence-electron chi connectivity index (χ0n) is 12.1. The lowest BCUT2D eigenvalue weighted by Gasteiger charge is -2.30. The van der Waals surface area contributed by atoms with E-state index in [1.807, 2.05) is 13.0 Å². The van der Waals surface area contributed by atoms with E-state index in [0.717, 1.165) is 30.8 Å². The van der Waals surface area contributed by atoms with Gasteiger partial charge in [0.2, 0.25) is 0 Å². The third-order valence-corrected chi connectivity index (χ3v) is 3.22. The van der Waals surface area contributed by atoms with E-state index < -0.39 is 0 Å². The highest BCUT2D eigenvalue weighted by atomic mass is 16.5. The van der Waals surface area contributed by atoms with Crippen LogP contribution >= 0.6 is 0 Å². The van der Waals surface area contributed by atoms with Crippen LogP contribution in [0, 0.1) is 6.92 Å². The van der Waals surface area contributed by atoms with Gasteiger partial charge in [-0.05, 0) is 51.0 Å². The monoisotopic (exact) mass is 250 g/mol. The number of nitrogen functional groups attached to an aromatic ring is 1. The topological polar surface area (TPSA) is 38.5 Å². The summed E-state index contributed by atoms with van der Waals surface area (Å²) in [6.07, 6.45) is 2.38. The van der Waals surface area contributed by atoms with Crippen LogP contribution < -0.4 is 10.6 Å². The lowest BCUT2D eigenvalue weighted by molar-refractivity contribution is 0.0620. The van der Waals surface area contributed by atoms with Crippen LogP contribution in [0.3, 0.4) is 0 Å². The first-order valence-corrected chi connectivity index (χ1v) is 6.84. The van der Waals surface area contributed by atoms with Crippen molar-refractivity contribution in [2.75, 3.05) is 23.8 Å². The van der Waals surface area contributed by atoms with Gasteiger partial charge in [0.15, 0.2) is 0 Å². The van der Waals surface area contributed by atoms with Crippen molar-refractivity contribution >= 4 is 11.4 Å². The first-order valence-electron chi connectivity index (χ1n) is 6.84. The SMILES string of the molecule is CCCCOC(C)N(CC)c1ccc(N)c(C)c1. The maximum Gasteiger partial charge on any atom is 0.127 e. The third-order valence-electron chi connectivity index (χ3n) is 3.22. The van der Waals surface area contributed by atoms with E-state index in [9.17, 15) is 0 Å². The van der Waals surface area contributed by atoms with Crippen LogP contribution in [-0.4, -0.2) is 19.4 Å². The number of nitrogens with two attached hydrogens (primary N) is 1. The van der Waals surface area contributed by atoms with Gasteiger partial charge >= 0.3 is 0 Å². The van der Waals surface area contributed by atoms with Crippen LogP contribution in [0.2, 0.25) is 0 Å². The highest BCUT2D eigenvalue weighted by Gasteiger charge is 2.13. The quantitative estimate of drug-likeness (QED) is 0.457. The summed E-state index contributed by atoms with van der Waals surface area (Å²) in [6.45, 7) is 10.2. The van der Waals surface area contributed by atoms with E-state index in [1.165, 1.54) is 12.1 Å². The van der Waals surface area contributed by atoms with E-state index in [2.05, 4.69) is 37.8 Å². The molecule has 3 nitrogen and oxygen atoms in total. The summed E-state index contributed by atoms with van der Waals surface area (Å²) in [4.78, 5) is 2.25. The Bertz CT molecular complexity index is 366. The maximum absolute atomic E-state index is 5.85. The fourth-order valence-corrected chi connectivity index (χ4v) is 1.98. The van der Waals surface area contributed by atoms with Crippen LogP contribution in [-0.2, 0) is 4.74 Å². The van der Waals surface area contributed by atoms with Gasteiger partial charge in [-0.15, -0.1) is 0 Å². The number of ether oxygens (including phenoxy) is 1. The second-order valence-electron chi connectivity index (χ2n) is 4.65. The van der Waals surface area contributed by atoms with Crippen molar-refractivity contribution < 1.29 is 4.74 Å². The van der Waals surface area contributed by atoms with Crippen LogP contribution in [0.15, 0.2) is 18.2 Å². The predicted molar refractivity (Wildman–Crippen MR) is 78.9 cm³/mol. The second kappa shape index (κ2) is 7.27. The molecule has 0 aliphatic rings. The molecule has 0 amide bonds. The normalized spacial score (nSPS) is 12.4. The van der Waals surface area contributed by atoms with E-state index >= 15 is 0 Å². The average molecular weight is 250 g/mol. The van der Waals surface area contributed by atoms with Gasteiger partial charge in [0.25, 0.3) is 0 Å². The molecule has 2 N–H and O–H groups in total. The molecule has 1 aromatic carbocycles. The Kier molecular flexibility index (Phi) is 5.99. The molecule has 0 spiro atoms. The van der Waals surface area contributed by atoms with Crippen molar-refractivity contribution in [1.82, 2.24) is 0 Å². The van der Waals surface area contributed by atoms with Crippen molar-refractivity contribution in [2.24, 2.45) is 0 Å². The molecular weight excluding hydrogens is 224 g/mol. The van der Waals surface area contributed by atoms with Crippen molar-refractivity contribution in [3.8, 4) is 0 Å². The van der Waals surface area contributed by atoms with Gasteiger partial charge in [-0.1, -0.05) is 13.3 Å². The van der Waals surface area contributed by atoms with Crippen LogP contribution in [0.4, 0.5) is 11.4 Å². The highest BCUT2D eigenvalue weighted by molar-refractivity contribution is 5.58. The Balaban J connectivity index is 2.72. The highest BCUT2D eigenvalue weighted by Crippen LogP contribution is 2.22. The van der Waals surface area contributed by atoms with Gasteiger partial charge < -0.3 is 15.4 Å². The lowest BCUT2D eigenvalue weighted by Crippen LogP contribution is -2.35. The first kappa shape index (κ1) is 14.8. The largest absolute Gasteiger partial charge is 0.399 e. The average Bonchev–Trinajstić information content (AvgIpc) is 2.35. The maximum atomic E-state index is 5.85. The summed E-state index contributed by atoms with van der Waals surface area (Å²) >= 11 is 0. The molecule has 0 aromatic heterocycles. The van der Waals surface area contributed by atoms with Crippen LogP contribution in [0.25, 0.3) is 0 Å². The summed E-state index contributed by atoms with van der Waals surface area (Å²) in [5, 5.41) is 0. The summed E-state index contributed by atoms with van der Waals surface area (Å²) in [7, 11) is 0. The minimum atomic E-state index is 0.101. The molecule has 0 aliphatic heterocycles. The molecule has 1 aromatic rings. The predicted octanol–water partition coefficient (Wildman–Crippen LogP) is 3.57. The number of hydrogen-bond donors (Lipinski definition) is 1. The number of hydrogen-bond acceptors (Lipinski definition) is 3. The zero-order chi connectivity index (χ0) is 13.5. The third kappa shape index (κ3) is 3.91. The number of benzene rings is 1. The fourth-order valence-electron chi connectivity index (χ4n) is 1.98. The molecule has 1 atom stereocenters. The van der Waals surface area contributed by atoms with Gasteiger partial charge in [0, 0.05) is 24.5 Å². The Morgan fingerprint density at radius 1 is 1.33 bits per heavy atom. The molecule has 1 rings (SSSR count). The standard InChI is InChI=1S/C15H26N2O/c1-5-7-10-18-13(4)17(6-2)14-8-9-15(16)12(3)11-14/h8-9,11,13H,5-7,10,16H2,1-4H3. The Morgan fingerprint density at radius 2 is 2.06 bits per heavy atom. The van der Waals surface area contributed by atoms with Crippen LogP contribution in [0.5, 0.6) is 0 Å². The molecule has 0 aliphatic carbocycles. The summed E-state index contributed by atoms with van der Waals surface area (Å²) < 4.78 is 5.85. The Morgan fingerprint density at radius 3 is 2.61 bits per heavy atom. The molecule has 102 valence electrons. The van der Waals surface area contributed by atoms with Crippen molar-refractivity contribution in [1.29, 1.82) is 0 Å². The number of aryl methyl sites for hydroxylation is 1. The molecule has 18 heavy (non-hydrogen) atoms. The molecule has 1 unspecified atom stereocenters. The molecule has 0 fully saturated rings. The van der Waals surface area contributed by atoms with Gasteiger partial charge in [0.05, 0.1) is 0 Å². The van der Waals surface area contributed by atoms with Crippen molar-refractivity contribution in [3.63, 3.8) is 0 Å². The Hall–Kier alpha value is -1.22. The smallest absolute Gasteiger partial charge is 0.127 e. The second-order valence-corrected chi connectivity index (χ2v) is 4.65. The van der Waals surface area contributed by atoms with Gasteiger partial charge in [-0.2, -0.15) is 0 Å². The number of anilines is 2. The zero-order valence-corrected chi connectivity index (χ0v) is 12.1. The molecular formula is C15H26N2O. The lowest BCUT2D eigenvalue weighted by atomic mass is 10.1. The number of rotatable bonds is 7. The number of nitrogens with zero attached hydrogens (tertiary/aromatic N) is 1. The van der Waals surface area contributed by atoms with E-state index in [4.69, 9.17) is 10.5 Å². The van der Waals surface area contributed by atoms with Gasteiger partial charge in [-0.25, -0.2) is 0 Å². The van der Waals surface area contributed by atoms with Gasteiger partial charge in [-0.3, -0.25) is 0 Å². The molecule has 0 bridgehead atoms. The first-order chi connectivity index (χ1) is 8.60. The summed E-state index contributed by atoms with van der Waals surface area (Å²) in [6, 6.07) is 6.15. The minimum Gasteiger partial charge on any atom is -0.399 e. The van der Waals surface area contributed by atoms with Crippen molar-refractivity contribution in [3.05, 3.63) is 23.8 Å². The van der Waals surface area contributed by atoms with Gasteiger partial charge in [0.1, 0.15) is 6.23 Å². The van der Waals surface area contributed by atoms with Crippen molar-refractivity contribution in [2.45, 2.75) is 46.8 Å². The molecule has 0 heterocycles. The van der Waals surface area contributed by atoms with E-state index in [0.29, 0.717) is 0 Å². The number of unbranched alkanes of at least 4 members (excludes halogenated alkanes) is 1. The summed E-state index contributed by atoms with van der Waals surface area (Å²) in [5.41, 5.74) is 8.99. The molecule has 0 saturated heterocycles. The van der Waals surface area contributed by atoms with E-state index in [1.54, 1.807) is 0 Å². The fraction of sp³-hybridized carbons (Fsp3) is 0.600.